The Labute approximate surface area is 174 Å². The van der Waals surface area contributed by atoms with E-state index in [4.69, 9.17) is 4.74 Å². The number of amides is 1. The molecule has 4 aromatic rings. The van der Waals surface area contributed by atoms with Crippen molar-refractivity contribution in [3.63, 3.8) is 0 Å². The van der Waals surface area contributed by atoms with Gasteiger partial charge in [0.25, 0.3) is 0 Å². The van der Waals surface area contributed by atoms with Crippen LogP contribution in [0, 0.1) is 6.92 Å². The van der Waals surface area contributed by atoms with Gasteiger partial charge in [-0.2, -0.15) is 4.80 Å². The van der Waals surface area contributed by atoms with Crippen molar-refractivity contribution in [1.82, 2.24) is 25.1 Å². The van der Waals surface area contributed by atoms with Gasteiger partial charge in [0.2, 0.25) is 11.7 Å². The van der Waals surface area contributed by atoms with Gasteiger partial charge in [-0.05, 0) is 52.2 Å². The highest BCUT2D eigenvalue weighted by Crippen LogP contribution is 2.22. The first-order valence-electron chi connectivity index (χ1n) is 9.68. The summed E-state index contributed by atoms with van der Waals surface area (Å²) >= 11 is 0. The molecule has 1 aromatic heterocycles. The van der Waals surface area contributed by atoms with Crippen molar-refractivity contribution in [2.24, 2.45) is 0 Å². The van der Waals surface area contributed by atoms with E-state index >= 15 is 0 Å². The molecule has 4 rings (SSSR count). The van der Waals surface area contributed by atoms with E-state index in [1.165, 1.54) is 4.80 Å². The van der Waals surface area contributed by atoms with Crippen LogP contribution in [0.4, 0.5) is 0 Å². The molecule has 0 radical (unpaired) electrons. The zero-order valence-electron chi connectivity index (χ0n) is 17.2. The predicted octanol–water partition coefficient (Wildman–Crippen LogP) is 3.47. The number of tetrazole rings is 1. The fourth-order valence-electron chi connectivity index (χ4n) is 3.34. The number of nitrogens with zero attached hydrogens (tertiary/aromatic N) is 5. The molecule has 0 bridgehead atoms. The third-order valence-corrected chi connectivity index (χ3v) is 5.07. The van der Waals surface area contributed by atoms with E-state index in [9.17, 15) is 4.79 Å². The fraction of sp³-hybridized carbons (Fsp3) is 0.217. The number of fused-ring (bicyclic) bond motifs is 1. The van der Waals surface area contributed by atoms with Crippen LogP contribution in [0.2, 0.25) is 0 Å². The molecule has 7 nitrogen and oxygen atoms in total. The molecule has 0 aliphatic heterocycles. The van der Waals surface area contributed by atoms with Crippen molar-refractivity contribution in [3.8, 4) is 17.1 Å². The molecule has 1 heterocycles. The van der Waals surface area contributed by atoms with Crippen LogP contribution in [0.15, 0.2) is 60.7 Å². The van der Waals surface area contributed by atoms with Crippen molar-refractivity contribution in [3.05, 3.63) is 71.8 Å². The number of aryl methyl sites for hydroxylation is 1. The Morgan fingerprint density at radius 2 is 1.83 bits per heavy atom. The second-order valence-electron chi connectivity index (χ2n) is 7.26. The summed E-state index contributed by atoms with van der Waals surface area (Å²) in [4.78, 5) is 15.7. The van der Waals surface area contributed by atoms with Gasteiger partial charge in [-0.3, -0.25) is 4.79 Å². The molecule has 0 saturated heterocycles. The highest BCUT2D eigenvalue weighted by molar-refractivity contribution is 5.84. The van der Waals surface area contributed by atoms with Gasteiger partial charge in [0.15, 0.2) is 0 Å². The first-order chi connectivity index (χ1) is 14.5. The molecule has 0 N–H and O–H groups in total. The normalized spacial score (nSPS) is 10.9. The monoisotopic (exact) mass is 401 g/mol. The second kappa shape index (κ2) is 8.32. The van der Waals surface area contributed by atoms with Gasteiger partial charge in [0.05, 0.1) is 7.11 Å². The maximum absolute atomic E-state index is 12.7. The lowest BCUT2D eigenvalue weighted by Gasteiger charge is -2.17. The van der Waals surface area contributed by atoms with E-state index in [1.54, 1.807) is 19.1 Å². The van der Waals surface area contributed by atoms with E-state index in [0.29, 0.717) is 12.4 Å². The molecule has 0 fully saturated rings. The fourth-order valence-corrected chi connectivity index (χ4v) is 3.34. The summed E-state index contributed by atoms with van der Waals surface area (Å²) in [6.45, 7) is 2.54. The Kier molecular flexibility index (Phi) is 5.43. The van der Waals surface area contributed by atoms with Crippen molar-refractivity contribution in [2.45, 2.75) is 20.0 Å². The van der Waals surface area contributed by atoms with Gasteiger partial charge in [-0.15, -0.1) is 10.2 Å². The van der Waals surface area contributed by atoms with Gasteiger partial charge < -0.3 is 9.64 Å². The van der Waals surface area contributed by atoms with E-state index in [-0.39, 0.29) is 12.5 Å². The molecule has 3 aromatic carbocycles. The van der Waals surface area contributed by atoms with Gasteiger partial charge in [0.1, 0.15) is 12.3 Å². The van der Waals surface area contributed by atoms with E-state index in [2.05, 4.69) is 21.5 Å². The maximum atomic E-state index is 12.7. The van der Waals surface area contributed by atoms with Gasteiger partial charge in [-0.25, -0.2) is 0 Å². The zero-order chi connectivity index (χ0) is 21.1. The Bertz CT molecular complexity index is 1200. The number of rotatable bonds is 6. The highest BCUT2D eigenvalue weighted by Gasteiger charge is 2.14. The Balaban J connectivity index is 1.43. The van der Waals surface area contributed by atoms with Crippen LogP contribution in [0.1, 0.15) is 11.1 Å². The molecule has 1 amide bonds. The lowest BCUT2D eigenvalue weighted by atomic mass is 10.1. The lowest BCUT2D eigenvalue weighted by Crippen LogP contribution is -2.30. The quantitative estimate of drug-likeness (QED) is 0.495. The van der Waals surface area contributed by atoms with Crippen LogP contribution in [0.25, 0.3) is 22.2 Å². The molecule has 0 aliphatic carbocycles. The van der Waals surface area contributed by atoms with Crippen molar-refractivity contribution < 1.29 is 9.53 Å². The van der Waals surface area contributed by atoms with E-state index < -0.39 is 0 Å². The van der Waals surface area contributed by atoms with Crippen molar-refractivity contribution >= 4 is 16.7 Å². The average Bonchev–Trinajstić information content (AvgIpc) is 3.21. The Morgan fingerprint density at radius 1 is 1.07 bits per heavy atom. The van der Waals surface area contributed by atoms with Crippen LogP contribution in [0.5, 0.6) is 5.75 Å². The standard InChI is InChI=1S/C23H23N5O2/c1-16-6-4-5-7-21(16)23-24-26-28(25-23)15-22(29)27(2)14-17-8-9-19-13-20(30-3)11-10-18(19)12-17/h4-13H,14-15H2,1-3H3. The number of carbonyl (C=O) groups is 1. The maximum Gasteiger partial charge on any atom is 0.246 e. The minimum absolute atomic E-state index is 0.0418. The molecular weight excluding hydrogens is 378 g/mol. The topological polar surface area (TPSA) is 73.1 Å². The van der Waals surface area contributed by atoms with Gasteiger partial charge in [-0.1, -0.05) is 42.5 Å². The summed E-state index contributed by atoms with van der Waals surface area (Å²) in [6.07, 6.45) is 0. The predicted molar refractivity (Wildman–Crippen MR) is 115 cm³/mol. The van der Waals surface area contributed by atoms with Crippen LogP contribution in [-0.2, 0) is 17.9 Å². The molecule has 0 spiro atoms. The minimum atomic E-state index is -0.0847. The molecular formula is C23H23N5O2. The summed E-state index contributed by atoms with van der Waals surface area (Å²) < 4.78 is 5.27. The molecule has 7 heteroatoms. The van der Waals surface area contributed by atoms with Crippen molar-refractivity contribution in [2.75, 3.05) is 14.2 Å². The van der Waals surface area contributed by atoms with E-state index in [1.807, 2.05) is 61.5 Å². The first kappa shape index (κ1) is 19.6. The van der Waals surface area contributed by atoms with Gasteiger partial charge in [0, 0.05) is 19.2 Å². The van der Waals surface area contributed by atoms with Crippen LogP contribution in [0.3, 0.4) is 0 Å². The number of carbonyl (C=O) groups excluding carboxylic acids is 1. The number of hydrogen-bond donors (Lipinski definition) is 0. The van der Waals surface area contributed by atoms with Crippen LogP contribution >= 0.6 is 0 Å². The summed E-state index contributed by atoms with van der Waals surface area (Å²) in [5, 5.41) is 14.7. The molecule has 30 heavy (non-hydrogen) atoms. The molecule has 0 saturated carbocycles. The number of methoxy groups -OCH3 is 1. The first-order valence-corrected chi connectivity index (χ1v) is 9.68. The number of hydrogen-bond acceptors (Lipinski definition) is 5. The zero-order valence-corrected chi connectivity index (χ0v) is 17.2. The van der Waals surface area contributed by atoms with Crippen LogP contribution < -0.4 is 4.74 Å². The molecule has 0 unspecified atom stereocenters. The van der Waals surface area contributed by atoms with E-state index in [0.717, 1.165) is 33.2 Å². The lowest BCUT2D eigenvalue weighted by molar-refractivity contribution is -0.131. The summed E-state index contributed by atoms with van der Waals surface area (Å²) in [5.74, 6) is 1.26. The molecule has 152 valence electrons. The summed E-state index contributed by atoms with van der Waals surface area (Å²) in [5.41, 5.74) is 3.03. The minimum Gasteiger partial charge on any atom is -0.497 e. The third kappa shape index (κ3) is 4.15. The average molecular weight is 401 g/mol. The SMILES string of the molecule is COc1ccc2cc(CN(C)C(=O)Cn3nnc(-c4ccccc4C)n3)ccc2c1. The van der Waals surface area contributed by atoms with Crippen molar-refractivity contribution in [1.29, 1.82) is 0 Å². The molecule has 0 aliphatic rings. The Hall–Kier alpha value is -3.74. The number of likely N-dealkylation sites (N-methyl/N-ethyl adjacent to an activating group) is 1. The Morgan fingerprint density at radius 3 is 2.63 bits per heavy atom. The van der Waals surface area contributed by atoms with Gasteiger partial charge >= 0.3 is 0 Å². The summed E-state index contributed by atoms with van der Waals surface area (Å²) in [7, 11) is 3.43. The number of ether oxygens (including phenoxy) is 1. The highest BCUT2D eigenvalue weighted by atomic mass is 16.5. The third-order valence-electron chi connectivity index (χ3n) is 5.07. The molecule has 0 atom stereocenters. The largest absolute Gasteiger partial charge is 0.497 e. The smallest absolute Gasteiger partial charge is 0.246 e. The summed E-state index contributed by atoms with van der Waals surface area (Å²) in [6, 6.07) is 19.9. The number of benzene rings is 3. The van der Waals surface area contributed by atoms with Crippen LogP contribution in [-0.4, -0.2) is 45.2 Å². The second-order valence-corrected chi connectivity index (χ2v) is 7.26. The number of aromatic nitrogens is 4.